The van der Waals surface area contributed by atoms with Gasteiger partial charge in [-0.3, -0.25) is 0 Å². The van der Waals surface area contributed by atoms with Crippen LogP contribution in [0.2, 0.25) is 0 Å². The van der Waals surface area contributed by atoms with Gasteiger partial charge < -0.3 is 9.30 Å². The van der Waals surface area contributed by atoms with E-state index in [4.69, 9.17) is 21.3 Å². The van der Waals surface area contributed by atoms with Crippen LogP contribution >= 0.6 is 11.6 Å². The number of hydrogen-bond donors (Lipinski definition) is 0. The molecule has 0 saturated carbocycles. The first-order valence-electron chi connectivity index (χ1n) is 7.74. The van der Waals surface area contributed by atoms with Gasteiger partial charge in [-0.25, -0.2) is 4.98 Å². The van der Waals surface area contributed by atoms with E-state index in [2.05, 4.69) is 24.5 Å². The summed E-state index contributed by atoms with van der Waals surface area (Å²) in [4.78, 5) is 4.71. The number of unbranched alkanes of at least 4 members (excludes halogenated alkanes) is 1. The van der Waals surface area contributed by atoms with Gasteiger partial charge in [0, 0.05) is 24.9 Å². The Bertz CT molecular complexity index is 577. The van der Waals surface area contributed by atoms with Crippen molar-refractivity contribution >= 4 is 22.6 Å². The molecule has 0 aliphatic heterocycles. The molecule has 0 spiro atoms. The second kappa shape index (κ2) is 7.69. The summed E-state index contributed by atoms with van der Waals surface area (Å²) in [6.45, 7) is 5.55. The monoisotopic (exact) mass is 308 g/mol. The minimum absolute atomic E-state index is 0.604. The van der Waals surface area contributed by atoms with E-state index in [1.165, 1.54) is 19.3 Å². The predicted octanol–water partition coefficient (Wildman–Crippen LogP) is 4.65. The summed E-state index contributed by atoms with van der Waals surface area (Å²) >= 11 is 5.92. The Balaban J connectivity index is 2.22. The van der Waals surface area contributed by atoms with E-state index in [1.807, 2.05) is 12.1 Å². The van der Waals surface area contributed by atoms with Crippen LogP contribution in [0.4, 0.5) is 0 Å². The highest BCUT2D eigenvalue weighted by Crippen LogP contribution is 2.23. The molecule has 3 nitrogen and oxygen atoms in total. The van der Waals surface area contributed by atoms with Gasteiger partial charge in [0.2, 0.25) is 0 Å². The lowest BCUT2D eigenvalue weighted by atomic mass is 10.1. The van der Waals surface area contributed by atoms with Gasteiger partial charge in [0.25, 0.3) is 0 Å². The molecule has 1 aromatic carbocycles. The molecule has 1 aromatic heterocycles. The molecule has 21 heavy (non-hydrogen) atoms. The fourth-order valence-electron chi connectivity index (χ4n) is 2.63. The number of rotatable bonds is 8. The van der Waals surface area contributed by atoms with Gasteiger partial charge in [-0.1, -0.05) is 26.7 Å². The zero-order valence-corrected chi connectivity index (χ0v) is 14.0. The SMILES string of the molecule is COc1ccc2nc(CCCl)n(CCCCC(C)C)c2c1. The number of fused-ring (bicyclic) bond motifs is 1. The third kappa shape index (κ3) is 4.13. The summed E-state index contributed by atoms with van der Waals surface area (Å²) in [6.07, 6.45) is 4.52. The number of alkyl halides is 1. The largest absolute Gasteiger partial charge is 0.497 e. The number of imidazole rings is 1. The van der Waals surface area contributed by atoms with Crippen LogP contribution in [0.3, 0.4) is 0 Å². The highest BCUT2D eigenvalue weighted by Gasteiger charge is 2.11. The molecular weight excluding hydrogens is 284 g/mol. The minimum atomic E-state index is 0.604. The van der Waals surface area contributed by atoms with Crippen molar-refractivity contribution in [3.63, 3.8) is 0 Å². The first-order chi connectivity index (χ1) is 10.2. The topological polar surface area (TPSA) is 27.1 Å². The molecule has 0 bridgehead atoms. The van der Waals surface area contributed by atoms with Gasteiger partial charge in [-0.15, -0.1) is 11.6 Å². The number of ether oxygens (including phenoxy) is 1. The average Bonchev–Trinajstić information content (AvgIpc) is 2.80. The van der Waals surface area contributed by atoms with Gasteiger partial charge in [-0.05, 0) is 24.5 Å². The maximum Gasteiger partial charge on any atom is 0.121 e. The van der Waals surface area contributed by atoms with Crippen LogP contribution < -0.4 is 4.74 Å². The molecule has 0 aliphatic carbocycles. The Morgan fingerprint density at radius 2 is 2.10 bits per heavy atom. The third-order valence-corrected chi connectivity index (χ3v) is 3.95. The van der Waals surface area contributed by atoms with E-state index in [1.54, 1.807) is 7.11 Å². The Hall–Kier alpha value is -1.22. The highest BCUT2D eigenvalue weighted by atomic mass is 35.5. The van der Waals surface area contributed by atoms with Crippen molar-refractivity contribution in [2.24, 2.45) is 5.92 Å². The molecule has 4 heteroatoms. The van der Waals surface area contributed by atoms with Gasteiger partial charge in [0.15, 0.2) is 0 Å². The number of aryl methyl sites for hydroxylation is 2. The molecule has 2 rings (SSSR count). The Labute approximate surface area is 132 Å². The summed E-state index contributed by atoms with van der Waals surface area (Å²) in [5.41, 5.74) is 2.18. The van der Waals surface area contributed by atoms with E-state index in [0.717, 1.165) is 41.5 Å². The Morgan fingerprint density at radius 1 is 1.29 bits per heavy atom. The second-order valence-corrected chi connectivity index (χ2v) is 6.24. The summed E-state index contributed by atoms with van der Waals surface area (Å²) in [7, 11) is 1.70. The van der Waals surface area contributed by atoms with E-state index in [-0.39, 0.29) is 0 Å². The summed E-state index contributed by atoms with van der Waals surface area (Å²) in [5, 5.41) is 0. The number of aromatic nitrogens is 2. The first kappa shape index (κ1) is 16.2. The first-order valence-corrected chi connectivity index (χ1v) is 8.28. The molecule has 0 saturated heterocycles. The van der Waals surface area contributed by atoms with Crippen molar-refractivity contribution in [2.45, 2.75) is 46.1 Å². The van der Waals surface area contributed by atoms with E-state index < -0.39 is 0 Å². The van der Waals surface area contributed by atoms with Crippen molar-refractivity contribution in [1.29, 1.82) is 0 Å². The van der Waals surface area contributed by atoms with Crippen LogP contribution in [0.1, 0.15) is 38.9 Å². The second-order valence-electron chi connectivity index (χ2n) is 5.86. The molecule has 0 aliphatic rings. The Kier molecular flexibility index (Phi) is 5.92. The molecule has 0 amide bonds. The summed E-state index contributed by atoms with van der Waals surface area (Å²) in [6, 6.07) is 6.06. The predicted molar refractivity (Wildman–Crippen MR) is 89.4 cm³/mol. The van der Waals surface area contributed by atoms with Crippen molar-refractivity contribution in [1.82, 2.24) is 9.55 Å². The minimum Gasteiger partial charge on any atom is -0.497 e. The molecule has 0 atom stereocenters. The van der Waals surface area contributed by atoms with Crippen LogP contribution in [0.25, 0.3) is 11.0 Å². The van der Waals surface area contributed by atoms with Crippen LogP contribution in [-0.2, 0) is 13.0 Å². The lowest BCUT2D eigenvalue weighted by Gasteiger charge is -2.10. The molecular formula is C17H25ClN2O. The van der Waals surface area contributed by atoms with Crippen molar-refractivity contribution in [2.75, 3.05) is 13.0 Å². The number of methoxy groups -OCH3 is 1. The molecule has 0 N–H and O–H groups in total. The zero-order chi connectivity index (χ0) is 15.2. The smallest absolute Gasteiger partial charge is 0.121 e. The highest BCUT2D eigenvalue weighted by molar-refractivity contribution is 6.17. The number of nitrogens with zero attached hydrogens (tertiary/aromatic N) is 2. The normalized spacial score (nSPS) is 11.5. The van der Waals surface area contributed by atoms with Crippen LogP contribution in [-0.4, -0.2) is 22.5 Å². The summed E-state index contributed by atoms with van der Waals surface area (Å²) < 4.78 is 7.64. The van der Waals surface area contributed by atoms with Crippen LogP contribution in [0.5, 0.6) is 5.75 Å². The third-order valence-electron chi connectivity index (χ3n) is 3.77. The number of benzene rings is 1. The van der Waals surface area contributed by atoms with Gasteiger partial charge >= 0.3 is 0 Å². The zero-order valence-electron chi connectivity index (χ0n) is 13.2. The van der Waals surface area contributed by atoms with Crippen molar-refractivity contribution in [3.05, 3.63) is 24.0 Å². The van der Waals surface area contributed by atoms with Gasteiger partial charge in [-0.2, -0.15) is 0 Å². The van der Waals surface area contributed by atoms with Gasteiger partial charge in [0.1, 0.15) is 11.6 Å². The molecule has 0 unspecified atom stereocenters. The standard InChI is InChI=1S/C17H25ClN2O/c1-13(2)6-4-5-11-20-16-12-14(21-3)7-8-15(16)19-17(20)9-10-18/h7-8,12-13H,4-6,9-11H2,1-3H3. The molecule has 0 fully saturated rings. The van der Waals surface area contributed by atoms with E-state index in [0.29, 0.717) is 5.88 Å². The van der Waals surface area contributed by atoms with Crippen LogP contribution in [0, 0.1) is 5.92 Å². The number of hydrogen-bond acceptors (Lipinski definition) is 2. The fourth-order valence-corrected chi connectivity index (χ4v) is 2.80. The maximum atomic E-state index is 5.92. The van der Waals surface area contributed by atoms with Crippen LogP contribution in [0.15, 0.2) is 18.2 Å². The van der Waals surface area contributed by atoms with Crippen molar-refractivity contribution in [3.8, 4) is 5.75 Å². The molecule has 1 heterocycles. The average molecular weight is 309 g/mol. The quantitative estimate of drug-likeness (QED) is 0.524. The molecule has 0 radical (unpaired) electrons. The fraction of sp³-hybridized carbons (Fsp3) is 0.588. The Morgan fingerprint density at radius 3 is 2.76 bits per heavy atom. The lowest BCUT2D eigenvalue weighted by molar-refractivity contribution is 0.415. The van der Waals surface area contributed by atoms with E-state index >= 15 is 0 Å². The van der Waals surface area contributed by atoms with E-state index in [9.17, 15) is 0 Å². The maximum absolute atomic E-state index is 5.92. The molecule has 116 valence electrons. The lowest BCUT2D eigenvalue weighted by Crippen LogP contribution is -2.05. The summed E-state index contributed by atoms with van der Waals surface area (Å²) in [5.74, 6) is 3.33. The van der Waals surface area contributed by atoms with Crippen molar-refractivity contribution < 1.29 is 4.74 Å². The molecule has 2 aromatic rings. The van der Waals surface area contributed by atoms with Gasteiger partial charge in [0.05, 0.1) is 18.1 Å². The number of halogens is 1.